The molecular formula is C19H25N3O4. The van der Waals surface area contributed by atoms with E-state index in [0.29, 0.717) is 17.1 Å². The van der Waals surface area contributed by atoms with Crippen molar-refractivity contribution in [1.82, 2.24) is 9.78 Å². The highest BCUT2D eigenvalue weighted by molar-refractivity contribution is 5.93. The maximum Gasteiger partial charge on any atom is 0.344 e. The molecule has 1 aromatic carbocycles. The Morgan fingerprint density at radius 1 is 1.08 bits per heavy atom. The molecule has 2 aromatic rings. The Hall–Kier alpha value is -2.83. The van der Waals surface area contributed by atoms with Crippen LogP contribution in [-0.4, -0.2) is 34.9 Å². The van der Waals surface area contributed by atoms with Crippen molar-refractivity contribution >= 4 is 17.6 Å². The number of ether oxygens (including phenoxy) is 2. The van der Waals surface area contributed by atoms with E-state index in [2.05, 4.69) is 10.4 Å². The fourth-order valence-corrected chi connectivity index (χ4v) is 2.84. The Kier molecular flexibility index (Phi) is 6.02. The molecule has 0 bridgehead atoms. The minimum atomic E-state index is -0.598. The lowest BCUT2D eigenvalue weighted by Crippen LogP contribution is -2.24. The minimum absolute atomic E-state index is 0.247. The van der Waals surface area contributed by atoms with Gasteiger partial charge in [-0.15, -0.1) is 0 Å². The van der Waals surface area contributed by atoms with Gasteiger partial charge in [-0.3, -0.25) is 9.48 Å². The van der Waals surface area contributed by atoms with Crippen LogP contribution in [0.3, 0.4) is 0 Å². The van der Waals surface area contributed by atoms with Crippen molar-refractivity contribution in [3.63, 3.8) is 0 Å². The van der Waals surface area contributed by atoms with E-state index in [4.69, 9.17) is 9.47 Å². The summed E-state index contributed by atoms with van der Waals surface area (Å²) in [6.07, 6.45) is 0. The predicted molar refractivity (Wildman–Crippen MR) is 98.4 cm³/mol. The van der Waals surface area contributed by atoms with Crippen LogP contribution in [0.15, 0.2) is 12.1 Å². The van der Waals surface area contributed by atoms with E-state index in [9.17, 15) is 9.59 Å². The van der Waals surface area contributed by atoms with Gasteiger partial charge in [0.05, 0.1) is 17.1 Å². The van der Waals surface area contributed by atoms with E-state index in [1.807, 2.05) is 39.8 Å². The molecule has 0 atom stereocenters. The number of rotatable bonds is 6. The van der Waals surface area contributed by atoms with Gasteiger partial charge in [0.25, 0.3) is 5.91 Å². The number of esters is 1. The molecule has 0 saturated heterocycles. The summed E-state index contributed by atoms with van der Waals surface area (Å²) in [4.78, 5) is 23.8. The first-order valence-electron chi connectivity index (χ1n) is 8.35. The first kappa shape index (κ1) is 19.5. The zero-order valence-electron chi connectivity index (χ0n) is 16.1. The number of amides is 1. The van der Waals surface area contributed by atoms with Gasteiger partial charge < -0.3 is 14.8 Å². The third-order valence-electron chi connectivity index (χ3n) is 4.08. The third kappa shape index (κ3) is 4.62. The second kappa shape index (κ2) is 8.03. The van der Waals surface area contributed by atoms with Gasteiger partial charge in [-0.1, -0.05) is 17.7 Å². The minimum Gasteiger partial charge on any atom is -0.481 e. The summed E-state index contributed by atoms with van der Waals surface area (Å²) in [5.41, 5.74) is 5.21. The van der Waals surface area contributed by atoms with Gasteiger partial charge in [-0.05, 0) is 45.7 Å². The summed E-state index contributed by atoms with van der Waals surface area (Å²) >= 11 is 0. The van der Waals surface area contributed by atoms with Crippen molar-refractivity contribution in [2.45, 2.75) is 34.6 Å². The number of benzene rings is 1. The molecule has 0 saturated carbocycles. The largest absolute Gasteiger partial charge is 0.481 e. The lowest BCUT2D eigenvalue weighted by atomic mass is 10.1. The molecule has 2 rings (SSSR count). The van der Waals surface area contributed by atoms with Gasteiger partial charge in [0.1, 0.15) is 5.75 Å². The Morgan fingerprint density at radius 3 is 2.23 bits per heavy atom. The monoisotopic (exact) mass is 359 g/mol. The number of carbonyl (C=O) groups is 2. The van der Waals surface area contributed by atoms with Crippen molar-refractivity contribution in [2.75, 3.05) is 18.5 Å². The quantitative estimate of drug-likeness (QED) is 0.802. The van der Waals surface area contributed by atoms with Crippen LogP contribution in [0.5, 0.6) is 5.75 Å². The van der Waals surface area contributed by atoms with Crippen LogP contribution in [0.25, 0.3) is 0 Å². The SMILES string of the molecule is Cc1cc(C)c(OCC(=O)OCC(=O)Nc2c(C)nn(C)c2C)c(C)c1. The van der Waals surface area contributed by atoms with Crippen LogP contribution in [0.4, 0.5) is 5.69 Å². The third-order valence-corrected chi connectivity index (χ3v) is 4.08. The summed E-state index contributed by atoms with van der Waals surface area (Å²) < 4.78 is 12.2. The molecule has 1 heterocycles. The highest BCUT2D eigenvalue weighted by Gasteiger charge is 2.15. The van der Waals surface area contributed by atoms with Crippen LogP contribution in [0.2, 0.25) is 0 Å². The van der Waals surface area contributed by atoms with Crippen molar-refractivity contribution in [2.24, 2.45) is 7.05 Å². The first-order valence-corrected chi connectivity index (χ1v) is 8.35. The Labute approximate surface area is 153 Å². The van der Waals surface area contributed by atoms with Crippen LogP contribution < -0.4 is 10.1 Å². The van der Waals surface area contributed by atoms with Gasteiger partial charge in [0.15, 0.2) is 13.2 Å². The average Bonchev–Trinajstić information content (AvgIpc) is 2.78. The molecule has 26 heavy (non-hydrogen) atoms. The smallest absolute Gasteiger partial charge is 0.344 e. The molecule has 1 amide bonds. The summed E-state index contributed by atoms with van der Waals surface area (Å²) in [7, 11) is 1.80. The number of carbonyl (C=O) groups excluding carboxylic acids is 2. The normalized spacial score (nSPS) is 10.5. The second-order valence-electron chi connectivity index (χ2n) is 6.39. The number of aromatic nitrogens is 2. The number of nitrogens with zero attached hydrogens (tertiary/aromatic N) is 2. The molecule has 1 aromatic heterocycles. The topological polar surface area (TPSA) is 82.4 Å². The zero-order chi connectivity index (χ0) is 19.4. The first-order chi connectivity index (χ1) is 12.2. The molecule has 0 fully saturated rings. The average molecular weight is 359 g/mol. The van der Waals surface area contributed by atoms with Crippen LogP contribution in [0, 0.1) is 34.6 Å². The molecule has 0 spiro atoms. The number of aryl methyl sites for hydroxylation is 5. The van der Waals surface area contributed by atoms with Crippen LogP contribution in [0.1, 0.15) is 28.1 Å². The van der Waals surface area contributed by atoms with Crippen molar-refractivity contribution < 1.29 is 19.1 Å². The molecule has 0 aliphatic heterocycles. The maximum absolute atomic E-state index is 12.0. The number of hydrogen-bond acceptors (Lipinski definition) is 5. The van der Waals surface area contributed by atoms with Gasteiger partial charge in [-0.25, -0.2) is 4.79 Å². The lowest BCUT2D eigenvalue weighted by Gasteiger charge is -2.13. The summed E-state index contributed by atoms with van der Waals surface area (Å²) in [6.45, 7) is 8.88. The second-order valence-corrected chi connectivity index (χ2v) is 6.39. The highest BCUT2D eigenvalue weighted by atomic mass is 16.6. The van der Waals surface area contributed by atoms with Gasteiger partial charge in [-0.2, -0.15) is 5.10 Å². The maximum atomic E-state index is 12.0. The molecule has 0 radical (unpaired) electrons. The summed E-state index contributed by atoms with van der Waals surface area (Å²) in [6, 6.07) is 3.97. The Morgan fingerprint density at radius 2 is 1.69 bits per heavy atom. The van der Waals surface area contributed by atoms with Gasteiger partial charge in [0.2, 0.25) is 0 Å². The Balaban J connectivity index is 1.84. The molecule has 0 aliphatic carbocycles. The standard InChI is InChI=1S/C19H25N3O4/c1-11-7-12(2)19(13(3)8-11)26-10-17(24)25-9-16(23)20-18-14(4)21-22(6)15(18)5/h7-8H,9-10H2,1-6H3,(H,20,23). The molecule has 0 aliphatic rings. The summed E-state index contributed by atoms with van der Waals surface area (Å²) in [5, 5.41) is 6.93. The Bertz CT molecular complexity index is 817. The zero-order valence-corrected chi connectivity index (χ0v) is 16.1. The summed E-state index contributed by atoms with van der Waals surface area (Å²) in [5.74, 6) is -0.349. The van der Waals surface area contributed by atoms with E-state index in [0.717, 1.165) is 22.4 Å². The molecule has 7 heteroatoms. The number of hydrogen-bond donors (Lipinski definition) is 1. The van der Waals surface area contributed by atoms with Crippen molar-refractivity contribution in [3.05, 3.63) is 40.2 Å². The van der Waals surface area contributed by atoms with E-state index >= 15 is 0 Å². The van der Waals surface area contributed by atoms with Crippen LogP contribution in [-0.2, 0) is 21.4 Å². The molecule has 140 valence electrons. The molecular weight excluding hydrogens is 334 g/mol. The molecule has 0 unspecified atom stereocenters. The van der Waals surface area contributed by atoms with E-state index in [-0.39, 0.29) is 13.2 Å². The fraction of sp³-hybridized carbons (Fsp3) is 0.421. The predicted octanol–water partition coefficient (Wildman–Crippen LogP) is 2.52. The highest BCUT2D eigenvalue weighted by Crippen LogP contribution is 2.24. The van der Waals surface area contributed by atoms with Crippen molar-refractivity contribution in [1.29, 1.82) is 0 Å². The van der Waals surface area contributed by atoms with Gasteiger partial charge in [0, 0.05) is 7.05 Å². The van der Waals surface area contributed by atoms with Crippen molar-refractivity contribution in [3.8, 4) is 5.75 Å². The van der Waals surface area contributed by atoms with E-state index < -0.39 is 11.9 Å². The molecule has 1 N–H and O–H groups in total. The number of anilines is 1. The molecule has 7 nitrogen and oxygen atoms in total. The lowest BCUT2D eigenvalue weighted by molar-refractivity contribution is -0.149. The van der Waals surface area contributed by atoms with Gasteiger partial charge >= 0.3 is 5.97 Å². The van der Waals surface area contributed by atoms with Crippen LogP contribution >= 0.6 is 0 Å². The van der Waals surface area contributed by atoms with E-state index in [1.54, 1.807) is 18.7 Å². The van der Waals surface area contributed by atoms with E-state index in [1.165, 1.54) is 0 Å². The number of nitrogens with one attached hydrogen (secondary N) is 1. The fourth-order valence-electron chi connectivity index (χ4n) is 2.84.